The fourth-order valence-corrected chi connectivity index (χ4v) is 1.97. The van der Waals surface area contributed by atoms with Gasteiger partial charge in [0.2, 0.25) is 5.92 Å². The second-order valence-electron chi connectivity index (χ2n) is 4.21. The molecule has 0 radical (unpaired) electrons. The number of hydrogen-bond acceptors (Lipinski definition) is 2. The highest BCUT2D eigenvalue weighted by molar-refractivity contribution is 5.56. The van der Waals surface area contributed by atoms with Gasteiger partial charge in [0.15, 0.2) is 0 Å². The van der Waals surface area contributed by atoms with Crippen LogP contribution in [0.4, 0.5) is 14.5 Å². The van der Waals surface area contributed by atoms with Crippen molar-refractivity contribution in [1.29, 1.82) is 0 Å². The molecule has 1 aromatic rings. The number of nitrogens with one attached hydrogen (secondary N) is 1. The van der Waals surface area contributed by atoms with Crippen LogP contribution in [-0.4, -0.2) is 19.6 Å². The fraction of sp³-hybridized carbons (Fsp3) is 0.500. The molecule has 2 rings (SSSR count). The van der Waals surface area contributed by atoms with Gasteiger partial charge in [-0.3, -0.25) is 0 Å². The number of benzene rings is 1. The molecular weight excluding hydrogens is 212 g/mol. The van der Waals surface area contributed by atoms with Gasteiger partial charge in [-0.15, -0.1) is 0 Å². The minimum atomic E-state index is -2.44. The van der Waals surface area contributed by atoms with Crippen LogP contribution >= 0.6 is 0 Å². The van der Waals surface area contributed by atoms with Crippen LogP contribution < -0.4 is 10.1 Å². The molecule has 1 aliphatic carbocycles. The molecular formula is C12H15F2NO. The van der Waals surface area contributed by atoms with Crippen LogP contribution in [0.2, 0.25) is 0 Å². The van der Waals surface area contributed by atoms with Crippen LogP contribution in [0.3, 0.4) is 0 Å². The third-order valence-electron chi connectivity index (χ3n) is 2.86. The van der Waals surface area contributed by atoms with Crippen LogP contribution in [0.1, 0.15) is 12.8 Å². The van der Waals surface area contributed by atoms with E-state index in [9.17, 15) is 8.78 Å². The monoisotopic (exact) mass is 227 g/mol. The first-order valence-electron chi connectivity index (χ1n) is 5.35. The van der Waals surface area contributed by atoms with Gasteiger partial charge in [0.25, 0.3) is 0 Å². The maximum Gasteiger partial charge on any atom is 0.248 e. The first kappa shape index (κ1) is 11.2. The van der Waals surface area contributed by atoms with E-state index in [2.05, 4.69) is 5.32 Å². The predicted molar refractivity (Wildman–Crippen MR) is 59.2 cm³/mol. The second-order valence-corrected chi connectivity index (χ2v) is 4.21. The summed E-state index contributed by atoms with van der Waals surface area (Å²) in [6, 6.07) is 7.50. The predicted octanol–water partition coefficient (Wildman–Crippen LogP) is 3.15. The van der Waals surface area contributed by atoms with E-state index in [4.69, 9.17) is 4.74 Å². The van der Waals surface area contributed by atoms with Crippen molar-refractivity contribution in [3.05, 3.63) is 24.3 Å². The average molecular weight is 227 g/mol. The smallest absolute Gasteiger partial charge is 0.248 e. The molecule has 1 N–H and O–H groups in total. The fourth-order valence-electron chi connectivity index (χ4n) is 1.97. The Bertz CT molecular complexity index is 360. The van der Waals surface area contributed by atoms with Gasteiger partial charge in [-0.05, 0) is 18.1 Å². The number of ether oxygens (including phenoxy) is 1. The Hall–Kier alpha value is -1.32. The second kappa shape index (κ2) is 4.28. The number of halogens is 2. The zero-order valence-corrected chi connectivity index (χ0v) is 9.17. The lowest BCUT2D eigenvalue weighted by Gasteiger charge is -2.35. The van der Waals surface area contributed by atoms with Crippen molar-refractivity contribution in [3.63, 3.8) is 0 Å². The SMILES string of the molecule is COc1ccccc1NCC1CC(F)(F)C1. The maximum atomic E-state index is 12.6. The molecule has 0 spiro atoms. The molecule has 0 amide bonds. The normalized spacial score (nSPS) is 18.9. The molecule has 0 saturated heterocycles. The summed E-state index contributed by atoms with van der Waals surface area (Å²) in [5.74, 6) is -1.62. The minimum absolute atomic E-state index is 0.00481. The zero-order valence-electron chi connectivity index (χ0n) is 9.17. The van der Waals surface area contributed by atoms with Crippen molar-refractivity contribution in [3.8, 4) is 5.75 Å². The highest BCUT2D eigenvalue weighted by atomic mass is 19.3. The number of alkyl halides is 2. The van der Waals surface area contributed by atoms with Crippen LogP contribution in [0.25, 0.3) is 0 Å². The zero-order chi connectivity index (χ0) is 11.6. The third kappa shape index (κ3) is 2.43. The Morgan fingerprint density at radius 3 is 2.69 bits per heavy atom. The summed E-state index contributed by atoms with van der Waals surface area (Å²) in [5, 5.41) is 3.15. The summed E-state index contributed by atoms with van der Waals surface area (Å²) in [7, 11) is 1.60. The lowest BCUT2D eigenvalue weighted by Crippen LogP contribution is -2.39. The quantitative estimate of drug-likeness (QED) is 0.853. The number of para-hydroxylation sites is 2. The van der Waals surface area contributed by atoms with Crippen molar-refractivity contribution >= 4 is 5.69 Å². The molecule has 0 heterocycles. The van der Waals surface area contributed by atoms with Crippen LogP contribution in [-0.2, 0) is 0 Å². The lowest BCUT2D eigenvalue weighted by molar-refractivity contribution is -0.106. The summed E-state index contributed by atoms with van der Waals surface area (Å²) in [5.41, 5.74) is 0.861. The van der Waals surface area contributed by atoms with Gasteiger partial charge in [0.1, 0.15) is 5.75 Å². The van der Waals surface area contributed by atoms with E-state index in [0.717, 1.165) is 11.4 Å². The molecule has 1 saturated carbocycles. The Balaban J connectivity index is 1.86. The number of hydrogen-bond donors (Lipinski definition) is 1. The Morgan fingerprint density at radius 2 is 2.06 bits per heavy atom. The van der Waals surface area contributed by atoms with Crippen molar-refractivity contribution in [2.24, 2.45) is 5.92 Å². The van der Waals surface area contributed by atoms with Gasteiger partial charge in [-0.25, -0.2) is 8.78 Å². The maximum absolute atomic E-state index is 12.6. The molecule has 0 aliphatic heterocycles. The van der Waals surface area contributed by atoms with Gasteiger partial charge >= 0.3 is 0 Å². The first-order chi connectivity index (χ1) is 7.61. The molecule has 0 aromatic heterocycles. The van der Waals surface area contributed by atoms with Gasteiger partial charge in [0, 0.05) is 19.4 Å². The minimum Gasteiger partial charge on any atom is -0.495 e. The average Bonchev–Trinajstić information content (AvgIpc) is 2.23. The van der Waals surface area contributed by atoms with E-state index in [-0.39, 0.29) is 18.8 Å². The molecule has 0 atom stereocenters. The molecule has 88 valence electrons. The van der Waals surface area contributed by atoms with Crippen molar-refractivity contribution in [2.75, 3.05) is 19.0 Å². The molecule has 0 unspecified atom stereocenters. The molecule has 16 heavy (non-hydrogen) atoms. The van der Waals surface area contributed by atoms with E-state index in [1.807, 2.05) is 24.3 Å². The molecule has 1 aromatic carbocycles. The van der Waals surface area contributed by atoms with Gasteiger partial charge in [0.05, 0.1) is 12.8 Å². The van der Waals surface area contributed by atoms with E-state index in [0.29, 0.717) is 6.54 Å². The molecule has 2 nitrogen and oxygen atoms in total. The molecule has 1 fully saturated rings. The number of methoxy groups -OCH3 is 1. The van der Waals surface area contributed by atoms with E-state index >= 15 is 0 Å². The van der Waals surface area contributed by atoms with Crippen molar-refractivity contribution < 1.29 is 13.5 Å². The van der Waals surface area contributed by atoms with E-state index in [1.165, 1.54) is 0 Å². The van der Waals surface area contributed by atoms with Crippen molar-refractivity contribution in [2.45, 2.75) is 18.8 Å². The highest BCUT2D eigenvalue weighted by Gasteiger charge is 2.44. The van der Waals surface area contributed by atoms with E-state index in [1.54, 1.807) is 7.11 Å². The Morgan fingerprint density at radius 1 is 1.38 bits per heavy atom. The van der Waals surface area contributed by atoms with Crippen molar-refractivity contribution in [1.82, 2.24) is 0 Å². The van der Waals surface area contributed by atoms with Gasteiger partial charge < -0.3 is 10.1 Å². The lowest BCUT2D eigenvalue weighted by atomic mass is 9.81. The molecule has 4 heteroatoms. The Labute approximate surface area is 93.6 Å². The summed E-state index contributed by atoms with van der Waals surface area (Å²) in [4.78, 5) is 0. The standard InChI is InChI=1S/C12H15F2NO/c1-16-11-5-3-2-4-10(11)15-8-9-6-12(13,14)7-9/h2-5,9,15H,6-8H2,1H3. The van der Waals surface area contributed by atoms with E-state index < -0.39 is 5.92 Å². The van der Waals surface area contributed by atoms with Crippen LogP contribution in [0.15, 0.2) is 24.3 Å². The number of rotatable bonds is 4. The summed E-state index contributed by atoms with van der Waals surface area (Å²) >= 11 is 0. The summed E-state index contributed by atoms with van der Waals surface area (Å²) in [6.07, 6.45) is -0.00962. The Kier molecular flexibility index (Phi) is 2.99. The molecule has 1 aliphatic rings. The third-order valence-corrected chi connectivity index (χ3v) is 2.86. The van der Waals surface area contributed by atoms with Crippen LogP contribution in [0.5, 0.6) is 5.75 Å². The summed E-state index contributed by atoms with van der Waals surface area (Å²) in [6.45, 7) is 0.579. The van der Waals surface area contributed by atoms with Gasteiger partial charge in [-0.2, -0.15) is 0 Å². The molecule has 0 bridgehead atoms. The summed E-state index contributed by atoms with van der Waals surface area (Å²) < 4.78 is 30.4. The largest absolute Gasteiger partial charge is 0.495 e. The highest BCUT2D eigenvalue weighted by Crippen LogP contribution is 2.42. The van der Waals surface area contributed by atoms with Gasteiger partial charge in [-0.1, -0.05) is 12.1 Å². The number of anilines is 1. The first-order valence-corrected chi connectivity index (χ1v) is 5.35. The van der Waals surface area contributed by atoms with Crippen LogP contribution in [0, 0.1) is 5.92 Å². The topological polar surface area (TPSA) is 21.3 Å².